The Kier molecular flexibility index (Phi) is 9.62. The molecule has 250 valence electrons. The first-order valence-electron chi connectivity index (χ1n) is 15.1. The van der Waals surface area contributed by atoms with Gasteiger partial charge in [0.15, 0.2) is 9.84 Å². The van der Waals surface area contributed by atoms with E-state index in [4.69, 9.17) is 14.5 Å². The van der Waals surface area contributed by atoms with Crippen molar-refractivity contribution < 1.29 is 35.9 Å². The molecule has 1 aliphatic heterocycles. The number of sulfone groups is 1. The second-order valence-electron chi connectivity index (χ2n) is 12.5. The fraction of sp³-hybridized carbons (Fsp3) is 0.394. The first-order valence-corrected chi connectivity index (χ1v) is 16.9. The van der Waals surface area contributed by atoms with Crippen LogP contribution in [-0.2, 0) is 20.3 Å². The molecule has 2 aromatic carbocycles. The van der Waals surface area contributed by atoms with Crippen LogP contribution in [0.15, 0.2) is 60.9 Å². The number of ether oxygens (including phenoxy) is 2. The largest absolute Gasteiger partial charge is 0.444 e. The Labute approximate surface area is 271 Å². The number of rotatable bonds is 8. The maximum Gasteiger partial charge on any atom is 0.410 e. The number of hydrogen-bond donors (Lipinski definition) is 1. The Morgan fingerprint density at radius 2 is 1.81 bits per heavy atom. The van der Waals surface area contributed by atoms with Gasteiger partial charge in [-0.15, -0.1) is 0 Å². The Bertz CT molecular complexity index is 1880. The van der Waals surface area contributed by atoms with E-state index in [1.54, 1.807) is 59.8 Å². The summed E-state index contributed by atoms with van der Waals surface area (Å²) >= 11 is 0. The summed E-state index contributed by atoms with van der Waals surface area (Å²) < 4.78 is 75.3. The van der Waals surface area contributed by atoms with Crippen LogP contribution in [0.4, 0.5) is 23.9 Å². The summed E-state index contributed by atoms with van der Waals surface area (Å²) in [6, 6.07) is 13.3. The lowest BCUT2D eigenvalue weighted by atomic mass is 10.0. The first-order chi connectivity index (χ1) is 22.1. The molecule has 1 saturated heterocycles. The average molecular weight is 672 g/mol. The molecule has 0 spiro atoms. The van der Waals surface area contributed by atoms with Crippen LogP contribution in [0.25, 0.3) is 22.0 Å². The molecule has 5 rings (SSSR count). The zero-order chi connectivity index (χ0) is 34.0. The van der Waals surface area contributed by atoms with Gasteiger partial charge in [0.25, 0.3) is 0 Å². The number of piperidine rings is 1. The molecule has 3 heterocycles. The number of nitrogens with zero attached hydrogens (tertiary/aromatic N) is 4. The molecular weight excluding hydrogens is 635 g/mol. The number of fused-ring (bicyclic) bond motifs is 1. The monoisotopic (exact) mass is 671 g/mol. The molecular formula is C33H36F3N5O5S. The molecule has 0 radical (unpaired) electrons. The van der Waals surface area contributed by atoms with E-state index in [1.807, 2.05) is 27.7 Å². The lowest BCUT2D eigenvalue weighted by molar-refractivity contribution is -0.106. The minimum absolute atomic E-state index is 0.0939. The van der Waals surface area contributed by atoms with Crippen molar-refractivity contribution >= 4 is 32.7 Å². The van der Waals surface area contributed by atoms with Gasteiger partial charge in [0.1, 0.15) is 17.1 Å². The fourth-order valence-electron chi connectivity index (χ4n) is 5.41. The number of aromatic nitrogens is 3. The van der Waals surface area contributed by atoms with Crippen molar-refractivity contribution in [3.63, 3.8) is 0 Å². The Morgan fingerprint density at radius 1 is 1.02 bits per heavy atom. The number of aryl methyl sites for hydroxylation is 1. The van der Waals surface area contributed by atoms with Gasteiger partial charge in [-0.05, 0) is 75.2 Å². The predicted molar refractivity (Wildman–Crippen MR) is 172 cm³/mol. The van der Waals surface area contributed by atoms with Crippen molar-refractivity contribution in [2.45, 2.75) is 64.1 Å². The van der Waals surface area contributed by atoms with E-state index in [9.17, 15) is 26.4 Å². The van der Waals surface area contributed by atoms with E-state index in [0.29, 0.717) is 52.4 Å². The normalized spacial score (nSPS) is 15.8. The Hall–Kier alpha value is -4.46. The molecule has 10 nitrogen and oxygen atoms in total. The number of likely N-dealkylation sites (tertiary alicyclic amines) is 1. The van der Waals surface area contributed by atoms with Crippen molar-refractivity contribution in [1.82, 2.24) is 19.9 Å². The van der Waals surface area contributed by atoms with Gasteiger partial charge < -0.3 is 19.7 Å². The van der Waals surface area contributed by atoms with Crippen LogP contribution in [0, 0.1) is 6.92 Å². The average Bonchev–Trinajstić information content (AvgIpc) is 2.97. The minimum Gasteiger partial charge on any atom is -0.444 e. The molecule has 14 heteroatoms. The summed E-state index contributed by atoms with van der Waals surface area (Å²) in [5.41, 5.74) is 1.42. The molecule has 1 N–H and O–H groups in total. The summed E-state index contributed by atoms with van der Waals surface area (Å²) in [5.74, 6) is -1.71. The van der Waals surface area contributed by atoms with Gasteiger partial charge >= 0.3 is 12.3 Å². The summed E-state index contributed by atoms with van der Waals surface area (Å²) in [4.78, 5) is 27.8. The van der Waals surface area contributed by atoms with Gasteiger partial charge in [-0.3, -0.25) is 0 Å². The van der Waals surface area contributed by atoms with Gasteiger partial charge in [0.05, 0.1) is 17.0 Å². The number of anilines is 1. The summed E-state index contributed by atoms with van der Waals surface area (Å²) in [5, 5.41) is 4.31. The van der Waals surface area contributed by atoms with E-state index in [0.717, 1.165) is 12.8 Å². The standard InChI is InChI=1S/C33H36F3N5O5S/c1-21-12-13-24-22(19-47(43,44)20-33(34,35)36)8-5-10-25(24)28(21)45-29-26(11-6-15-37-29)27-14-16-38-30(40-27)39-23-9-7-17-41(18-23)31(42)46-32(2,3)4/h5-6,8,10-16,23H,7,9,17-20H2,1-4H3,(H,38,39,40)/t23-/m0/s1. The maximum absolute atomic E-state index is 12.9. The number of pyridine rings is 1. The van der Waals surface area contributed by atoms with Crippen LogP contribution in [0.2, 0.25) is 0 Å². The van der Waals surface area contributed by atoms with Gasteiger partial charge in [-0.2, -0.15) is 13.2 Å². The third-order valence-corrected chi connectivity index (χ3v) is 8.88. The summed E-state index contributed by atoms with van der Waals surface area (Å²) in [6.07, 6.45) is -0.438. The van der Waals surface area contributed by atoms with E-state index < -0.39 is 33.1 Å². The number of amides is 1. The number of alkyl halides is 3. The highest BCUT2D eigenvalue weighted by Crippen LogP contribution is 2.38. The smallest absolute Gasteiger partial charge is 0.410 e. The number of carbonyl (C=O) groups is 1. The highest BCUT2D eigenvalue weighted by Gasteiger charge is 2.35. The van der Waals surface area contributed by atoms with Gasteiger partial charge in [-0.1, -0.05) is 30.3 Å². The van der Waals surface area contributed by atoms with Crippen LogP contribution in [-0.4, -0.2) is 71.0 Å². The molecule has 1 fully saturated rings. The Balaban J connectivity index is 1.39. The molecule has 1 aliphatic rings. The second kappa shape index (κ2) is 13.3. The van der Waals surface area contributed by atoms with E-state index >= 15 is 0 Å². The molecule has 47 heavy (non-hydrogen) atoms. The molecule has 0 aliphatic carbocycles. The number of hydrogen-bond acceptors (Lipinski definition) is 9. The summed E-state index contributed by atoms with van der Waals surface area (Å²) in [6.45, 7) is 8.33. The lowest BCUT2D eigenvalue weighted by Crippen LogP contribution is -2.47. The van der Waals surface area contributed by atoms with Gasteiger partial charge in [0, 0.05) is 36.9 Å². The highest BCUT2D eigenvalue weighted by atomic mass is 32.2. The highest BCUT2D eigenvalue weighted by molar-refractivity contribution is 7.90. The van der Waals surface area contributed by atoms with Crippen LogP contribution < -0.4 is 10.1 Å². The van der Waals surface area contributed by atoms with Crippen molar-refractivity contribution in [3.05, 3.63) is 72.1 Å². The van der Waals surface area contributed by atoms with Crippen molar-refractivity contribution in [3.8, 4) is 22.9 Å². The number of benzene rings is 2. The second-order valence-corrected chi connectivity index (χ2v) is 14.6. The van der Waals surface area contributed by atoms with Crippen molar-refractivity contribution in [2.24, 2.45) is 0 Å². The third-order valence-electron chi connectivity index (χ3n) is 7.37. The molecule has 1 amide bonds. The van der Waals surface area contributed by atoms with Crippen LogP contribution in [0.5, 0.6) is 11.6 Å². The topological polar surface area (TPSA) is 124 Å². The molecule has 0 unspecified atom stereocenters. The zero-order valence-corrected chi connectivity index (χ0v) is 27.3. The van der Waals surface area contributed by atoms with Crippen LogP contribution in [0.3, 0.4) is 0 Å². The SMILES string of the molecule is Cc1ccc2c(CS(=O)(=O)CC(F)(F)F)cccc2c1Oc1ncccc1-c1ccnc(N[C@H]2CCCN(C(=O)OC(C)(C)C)C2)n1. The number of halogens is 3. The third kappa shape index (κ3) is 8.88. The zero-order valence-electron chi connectivity index (χ0n) is 26.5. The van der Waals surface area contributed by atoms with Crippen LogP contribution >= 0.6 is 0 Å². The lowest BCUT2D eigenvalue weighted by Gasteiger charge is -2.34. The van der Waals surface area contributed by atoms with Gasteiger partial charge in [0.2, 0.25) is 11.8 Å². The van der Waals surface area contributed by atoms with Crippen LogP contribution in [0.1, 0.15) is 44.7 Å². The minimum atomic E-state index is -4.84. The van der Waals surface area contributed by atoms with Crippen molar-refractivity contribution in [2.75, 3.05) is 24.2 Å². The molecule has 0 bridgehead atoms. The van der Waals surface area contributed by atoms with E-state index in [2.05, 4.69) is 15.3 Å². The maximum atomic E-state index is 12.9. The molecule has 1 atom stereocenters. The van der Waals surface area contributed by atoms with E-state index in [-0.39, 0.29) is 23.6 Å². The molecule has 2 aromatic heterocycles. The number of carbonyl (C=O) groups excluding carboxylic acids is 1. The first kappa shape index (κ1) is 33.9. The van der Waals surface area contributed by atoms with E-state index in [1.165, 1.54) is 6.07 Å². The predicted octanol–water partition coefficient (Wildman–Crippen LogP) is 7.08. The summed E-state index contributed by atoms with van der Waals surface area (Å²) in [7, 11) is -4.46. The fourth-order valence-corrected chi connectivity index (χ4v) is 6.74. The van der Waals surface area contributed by atoms with Gasteiger partial charge in [-0.25, -0.2) is 28.2 Å². The van der Waals surface area contributed by atoms with Crippen molar-refractivity contribution in [1.29, 1.82) is 0 Å². The molecule has 4 aromatic rings. The Morgan fingerprint density at radius 3 is 2.55 bits per heavy atom. The molecule has 0 saturated carbocycles. The quantitative estimate of drug-likeness (QED) is 0.209. The number of nitrogens with one attached hydrogen (secondary N) is 1.